The molecule has 2 N–H and O–H groups in total. The molecule has 0 saturated carbocycles. The average molecular weight is 314 g/mol. The summed E-state index contributed by atoms with van der Waals surface area (Å²) in [5.74, 6) is 1.43. The van der Waals surface area contributed by atoms with Gasteiger partial charge in [-0.3, -0.25) is 0 Å². The lowest BCUT2D eigenvalue weighted by molar-refractivity contribution is 1.16. The molecule has 0 saturated heterocycles. The van der Waals surface area contributed by atoms with Crippen LogP contribution in [0.25, 0.3) is 0 Å². The van der Waals surface area contributed by atoms with Gasteiger partial charge in [0.15, 0.2) is 0 Å². The molecule has 0 aliphatic carbocycles. The molecule has 6 heteroatoms. The van der Waals surface area contributed by atoms with Gasteiger partial charge < -0.3 is 10.6 Å². The number of anilines is 3. The maximum absolute atomic E-state index is 6.10. The number of benzene rings is 1. The highest BCUT2D eigenvalue weighted by Gasteiger charge is 2.03. The molecule has 0 amide bonds. The number of aromatic nitrogens is 2. The first kappa shape index (κ1) is 12.1. The summed E-state index contributed by atoms with van der Waals surface area (Å²) in [5, 5.41) is 6.70. The first-order valence-corrected chi connectivity index (χ1v) is 6.08. The first-order chi connectivity index (χ1) is 8.19. The predicted octanol–water partition coefficient (Wildman–Crippen LogP) is 3.68. The minimum atomic E-state index is 0.629. The minimum absolute atomic E-state index is 0.629. The summed E-state index contributed by atoms with van der Waals surface area (Å²) >= 11 is 9.46. The number of rotatable bonds is 3. The Balaban J connectivity index is 2.25. The van der Waals surface area contributed by atoms with Crippen molar-refractivity contribution in [2.24, 2.45) is 0 Å². The molecule has 4 nitrogen and oxygen atoms in total. The Morgan fingerprint density at radius 2 is 1.94 bits per heavy atom. The van der Waals surface area contributed by atoms with E-state index in [0.717, 1.165) is 16.0 Å². The molecular formula is C11H10BrClN4. The van der Waals surface area contributed by atoms with Crippen molar-refractivity contribution < 1.29 is 0 Å². The normalized spacial score (nSPS) is 10.1. The van der Waals surface area contributed by atoms with Crippen LogP contribution < -0.4 is 10.6 Å². The lowest BCUT2D eigenvalue weighted by Gasteiger charge is -2.08. The van der Waals surface area contributed by atoms with E-state index in [9.17, 15) is 0 Å². The molecule has 0 aliphatic rings. The second-order valence-corrected chi connectivity index (χ2v) is 4.61. The van der Waals surface area contributed by atoms with Gasteiger partial charge in [-0.2, -0.15) is 0 Å². The van der Waals surface area contributed by atoms with Crippen molar-refractivity contribution in [2.45, 2.75) is 0 Å². The van der Waals surface area contributed by atoms with E-state index < -0.39 is 0 Å². The number of halogens is 2. The van der Waals surface area contributed by atoms with E-state index in [-0.39, 0.29) is 0 Å². The molecule has 88 valence electrons. The Morgan fingerprint density at radius 1 is 1.18 bits per heavy atom. The maximum atomic E-state index is 6.10. The highest BCUT2D eigenvalue weighted by molar-refractivity contribution is 9.10. The number of hydrogen-bond acceptors (Lipinski definition) is 4. The third kappa shape index (κ3) is 3.08. The summed E-state index contributed by atoms with van der Waals surface area (Å²) in [6, 6.07) is 7.42. The van der Waals surface area contributed by atoms with Gasteiger partial charge in [0.1, 0.15) is 18.0 Å². The topological polar surface area (TPSA) is 49.8 Å². The summed E-state index contributed by atoms with van der Waals surface area (Å²) < 4.78 is 0.937. The molecule has 17 heavy (non-hydrogen) atoms. The predicted molar refractivity (Wildman–Crippen MR) is 74.0 cm³/mol. The quantitative estimate of drug-likeness (QED) is 0.907. The monoisotopic (exact) mass is 312 g/mol. The van der Waals surface area contributed by atoms with Crippen LogP contribution in [0.1, 0.15) is 0 Å². The standard InChI is InChI=1S/C11H10BrClN4/c1-14-10-5-11(16-6-15-10)17-9-3-2-7(12)4-8(9)13/h2-6H,1H3,(H2,14,15,16,17). The zero-order chi connectivity index (χ0) is 12.3. The van der Waals surface area contributed by atoms with Gasteiger partial charge in [0.25, 0.3) is 0 Å². The van der Waals surface area contributed by atoms with Crippen LogP contribution in [0, 0.1) is 0 Å². The molecule has 1 aromatic carbocycles. The summed E-state index contributed by atoms with van der Waals surface area (Å²) in [7, 11) is 1.80. The summed E-state index contributed by atoms with van der Waals surface area (Å²) in [5.41, 5.74) is 0.801. The van der Waals surface area contributed by atoms with Crippen LogP contribution in [0.15, 0.2) is 35.1 Å². The van der Waals surface area contributed by atoms with Crippen molar-refractivity contribution in [2.75, 3.05) is 17.7 Å². The van der Waals surface area contributed by atoms with Crippen molar-refractivity contribution >= 4 is 44.9 Å². The Hall–Kier alpha value is -1.33. The lowest BCUT2D eigenvalue weighted by atomic mass is 10.3. The van der Waals surface area contributed by atoms with Crippen molar-refractivity contribution in [3.8, 4) is 0 Å². The van der Waals surface area contributed by atoms with Crippen LogP contribution in [0.4, 0.5) is 17.3 Å². The van der Waals surface area contributed by atoms with Crippen molar-refractivity contribution in [3.63, 3.8) is 0 Å². The van der Waals surface area contributed by atoms with Crippen LogP contribution in [-0.2, 0) is 0 Å². The van der Waals surface area contributed by atoms with E-state index in [1.165, 1.54) is 6.33 Å². The van der Waals surface area contributed by atoms with Gasteiger partial charge in [0.05, 0.1) is 10.7 Å². The molecule has 0 unspecified atom stereocenters. The molecular weight excluding hydrogens is 304 g/mol. The molecule has 2 aromatic rings. The van der Waals surface area contributed by atoms with Crippen LogP contribution in [0.3, 0.4) is 0 Å². The maximum Gasteiger partial charge on any atom is 0.135 e. The third-order valence-electron chi connectivity index (χ3n) is 2.12. The molecule has 0 aliphatic heterocycles. The number of hydrogen-bond donors (Lipinski definition) is 2. The van der Waals surface area contributed by atoms with Crippen molar-refractivity contribution in [1.82, 2.24) is 9.97 Å². The Bertz CT molecular complexity index is 533. The molecule has 2 rings (SSSR count). The van der Waals surface area contributed by atoms with Crippen molar-refractivity contribution in [3.05, 3.63) is 40.1 Å². The van der Waals surface area contributed by atoms with E-state index >= 15 is 0 Å². The first-order valence-electron chi connectivity index (χ1n) is 4.91. The minimum Gasteiger partial charge on any atom is -0.373 e. The molecule has 0 bridgehead atoms. The highest BCUT2D eigenvalue weighted by atomic mass is 79.9. The van der Waals surface area contributed by atoms with Gasteiger partial charge in [-0.05, 0) is 18.2 Å². The molecule has 0 atom stereocenters. The summed E-state index contributed by atoms with van der Waals surface area (Å²) in [6.45, 7) is 0. The van der Waals surface area contributed by atoms with Gasteiger partial charge in [-0.25, -0.2) is 9.97 Å². The van der Waals surface area contributed by atoms with Gasteiger partial charge in [0, 0.05) is 17.6 Å². The zero-order valence-corrected chi connectivity index (χ0v) is 11.4. The molecule has 0 spiro atoms. The van der Waals surface area contributed by atoms with Gasteiger partial charge >= 0.3 is 0 Å². The van der Waals surface area contributed by atoms with E-state index in [1.807, 2.05) is 18.2 Å². The SMILES string of the molecule is CNc1cc(Nc2ccc(Br)cc2Cl)ncn1. The van der Waals surface area contributed by atoms with Crippen LogP contribution in [0.2, 0.25) is 5.02 Å². The smallest absolute Gasteiger partial charge is 0.135 e. The third-order valence-corrected chi connectivity index (χ3v) is 2.92. The van der Waals surface area contributed by atoms with Crippen LogP contribution in [-0.4, -0.2) is 17.0 Å². The fourth-order valence-electron chi connectivity index (χ4n) is 1.29. The fraction of sp³-hybridized carbons (Fsp3) is 0.0909. The highest BCUT2D eigenvalue weighted by Crippen LogP contribution is 2.28. The zero-order valence-electron chi connectivity index (χ0n) is 9.04. The largest absolute Gasteiger partial charge is 0.373 e. The number of nitrogens with zero attached hydrogens (tertiary/aromatic N) is 2. The van der Waals surface area contributed by atoms with E-state index in [4.69, 9.17) is 11.6 Å². The second kappa shape index (κ2) is 5.33. The van der Waals surface area contributed by atoms with Gasteiger partial charge in [-0.15, -0.1) is 0 Å². The van der Waals surface area contributed by atoms with E-state index in [1.54, 1.807) is 13.1 Å². The fourth-order valence-corrected chi connectivity index (χ4v) is 2.01. The van der Waals surface area contributed by atoms with Crippen LogP contribution >= 0.6 is 27.5 Å². The number of nitrogens with one attached hydrogen (secondary N) is 2. The molecule has 0 radical (unpaired) electrons. The Kier molecular flexibility index (Phi) is 3.81. The van der Waals surface area contributed by atoms with Gasteiger partial charge in [-0.1, -0.05) is 27.5 Å². The van der Waals surface area contributed by atoms with E-state index in [0.29, 0.717) is 10.8 Å². The van der Waals surface area contributed by atoms with Crippen LogP contribution in [0.5, 0.6) is 0 Å². The molecule has 1 aromatic heterocycles. The van der Waals surface area contributed by atoms with Crippen molar-refractivity contribution in [1.29, 1.82) is 0 Å². The summed E-state index contributed by atoms with van der Waals surface area (Å²) in [4.78, 5) is 8.15. The summed E-state index contributed by atoms with van der Waals surface area (Å²) in [6.07, 6.45) is 1.49. The van der Waals surface area contributed by atoms with E-state index in [2.05, 4.69) is 36.5 Å². The second-order valence-electron chi connectivity index (χ2n) is 3.29. The Labute approximate surface area is 113 Å². The Morgan fingerprint density at radius 3 is 2.65 bits per heavy atom. The molecule has 0 fully saturated rings. The van der Waals surface area contributed by atoms with Gasteiger partial charge in [0.2, 0.25) is 0 Å². The lowest BCUT2D eigenvalue weighted by Crippen LogP contribution is -1.98. The average Bonchev–Trinajstić information content (AvgIpc) is 2.33. The molecule has 1 heterocycles.